The van der Waals surface area contributed by atoms with Crippen LogP contribution in [0.25, 0.3) is 11.3 Å². The summed E-state index contributed by atoms with van der Waals surface area (Å²) in [5, 5.41) is 4.30. The van der Waals surface area contributed by atoms with Crippen LogP contribution < -0.4 is 0 Å². The van der Waals surface area contributed by atoms with Crippen molar-refractivity contribution in [2.75, 3.05) is 0 Å². The van der Waals surface area contributed by atoms with E-state index >= 15 is 0 Å². The molecule has 0 unspecified atom stereocenters. The topological polar surface area (TPSA) is 12.9 Å². The second-order valence-corrected chi connectivity index (χ2v) is 3.88. The highest BCUT2D eigenvalue weighted by atomic mass is 32.1. The van der Waals surface area contributed by atoms with Gasteiger partial charge in [0.25, 0.3) is 0 Å². The molecule has 2 aromatic heterocycles. The minimum Gasteiger partial charge on any atom is -0.253 e. The zero-order chi connectivity index (χ0) is 9.26. The second-order valence-electron chi connectivity index (χ2n) is 3.13. The largest absolute Gasteiger partial charge is 0.253 e. The molecule has 2 rings (SSSR count). The van der Waals surface area contributed by atoms with Gasteiger partial charge in [0.15, 0.2) is 0 Å². The Morgan fingerprint density at radius 3 is 2.62 bits per heavy atom. The Morgan fingerprint density at radius 1 is 1.15 bits per heavy atom. The summed E-state index contributed by atoms with van der Waals surface area (Å²) in [5.74, 6) is 0. The van der Waals surface area contributed by atoms with Crippen LogP contribution in [-0.4, -0.2) is 4.98 Å². The lowest BCUT2D eigenvalue weighted by Gasteiger charge is -1.99. The Labute approximate surface area is 82.1 Å². The Balaban J connectivity index is 2.53. The summed E-state index contributed by atoms with van der Waals surface area (Å²) in [7, 11) is 0. The molecule has 0 saturated heterocycles. The summed E-state index contributed by atoms with van der Waals surface area (Å²) in [5.41, 5.74) is 4.72. The van der Waals surface area contributed by atoms with Crippen LogP contribution >= 0.6 is 11.3 Å². The molecule has 0 saturated carbocycles. The van der Waals surface area contributed by atoms with Crippen molar-refractivity contribution in [3.63, 3.8) is 0 Å². The molecule has 2 heteroatoms. The third-order valence-electron chi connectivity index (χ3n) is 2.02. The van der Waals surface area contributed by atoms with Gasteiger partial charge in [0.2, 0.25) is 0 Å². The molecule has 0 fully saturated rings. The first-order chi connectivity index (χ1) is 6.27. The third-order valence-corrected chi connectivity index (χ3v) is 2.88. The number of aryl methyl sites for hydroxylation is 2. The van der Waals surface area contributed by atoms with E-state index in [1.54, 1.807) is 11.3 Å². The quantitative estimate of drug-likeness (QED) is 0.669. The van der Waals surface area contributed by atoms with Crippen LogP contribution in [0.5, 0.6) is 0 Å². The fourth-order valence-electron chi connectivity index (χ4n) is 1.32. The van der Waals surface area contributed by atoms with Gasteiger partial charge in [0.1, 0.15) is 0 Å². The first-order valence-corrected chi connectivity index (χ1v) is 5.18. The van der Waals surface area contributed by atoms with Crippen molar-refractivity contribution in [1.29, 1.82) is 0 Å². The number of rotatable bonds is 1. The first kappa shape index (κ1) is 8.45. The zero-order valence-electron chi connectivity index (χ0n) is 7.74. The lowest BCUT2D eigenvalue weighted by atomic mass is 10.1. The molecule has 13 heavy (non-hydrogen) atoms. The fraction of sp³-hybridized carbons (Fsp3) is 0.182. The van der Waals surface area contributed by atoms with Crippen molar-refractivity contribution in [3.8, 4) is 11.3 Å². The van der Waals surface area contributed by atoms with E-state index in [0.717, 1.165) is 11.4 Å². The Morgan fingerprint density at radius 2 is 2.00 bits per heavy atom. The van der Waals surface area contributed by atoms with Crippen LogP contribution in [0.2, 0.25) is 0 Å². The van der Waals surface area contributed by atoms with Crippen molar-refractivity contribution in [1.82, 2.24) is 4.98 Å². The van der Waals surface area contributed by atoms with E-state index < -0.39 is 0 Å². The minimum absolute atomic E-state index is 1.07. The number of aromatic nitrogens is 1. The van der Waals surface area contributed by atoms with Gasteiger partial charge in [-0.1, -0.05) is 6.07 Å². The molecule has 0 N–H and O–H groups in total. The molecular weight excluding hydrogens is 178 g/mol. The molecule has 1 nitrogen and oxygen atoms in total. The third kappa shape index (κ3) is 1.63. The van der Waals surface area contributed by atoms with Gasteiger partial charge >= 0.3 is 0 Å². The maximum Gasteiger partial charge on any atom is 0.0716 e. The number of hydrogen-bond donors (Lipinski definition) is 0. The van der Waals surface area contributed by atoms with E-state index in [2.05, 4.69) is 34.8 Å². The highest BCUT2D eigenvalue weighted by molar-refractivity contribution is 7.08. The van der Waals surface area contributed by atoms with Gasteiger partial charge in [0.05, 0.1) is 5.69 Å². The molecular formula is C11H11NS. The monoisotopic (exact) mass is 189 g/mol. The Bertz CT molecular complexity index is 418. The molecule has 0 amide bonds. The van der Waals surface area contributed by atoms with Crippen molar-refractivity contribution in [2.24, 2.45) is 0 Å². The number of thiophene rings is 1. The molecule has 0 atom stereocenters. The summed E-state index contributed by atoms with van der Waals surface area (Å²) in [6.45, 7) is 4.14. The van der Waals surface area contributed by atoms with Crippen LogP contribution in [0.1, 0.15) is 11.3 Å². The first-order valence-electron chi connectivity index (χ1n) is 4.24. The maximum atomic E-state index is 4.48. The normalized spacial score (nSPS) is 10.3. The lowest BCUT2D eigenvalue weighted by molar-refractivity contribution is 1.20. The van der Waals surface area contributed by atoms with Crippen LogP contribution in [0.3, 0.4) is 0 Å². The van der Waals surface area contributed by atoms with Crippen molar-refractivity contribution in [2.45, 2.75) is 13.8 Å². The van der Waals surface area contributed by atoms with Crippen molar-refractivity contribution >= 4 is 11.3 Å². The van der Waals surface area contributed by atoms with Gasteiger partial charge in [-0.2, -0.15) is 11.3 Å². The van der Waals surface area contributed by atoms with Gasteiger partial charge in [0, 0.05) is 16.6 Å². The highest BCUT2D eigenvalue weighted by Crippen LogP contribution is 2.24. The molecule has 0 spiro atoms. The van der Waals surface area contributed by atoms with Gasteiger partial charge < -0.3 is 0 Å². The van der Waals surface area contributed by atoms with E-state index in [4.69, 9.17) is 0 Å². The molecule has 0 aliphatic heterocycles. The summed E-state index contributed by atoms with van der Waals surface area (Å²) < 4.78 is 0. The van der Waals surface area contributed by atoms with E-state index in [-0.39, 0.29) is 0 Å². The fourth-order valence-corrected chi connectivity index (χ4v) is 2.16. The zero-order valence-corrected chi connectivity index (χ0v) is 8.56. The Hall–Kier alpha value is -1.15. The average molecular weight is 189 g/mol. The molecule has 0 aromatic carbocycles. The van der Waals surface area contributed by atoms with E-state index in [0.29, 0.717) is 0 Å². The molecule has 66 valence electrons. The average Bonchev–Trinajstić information content (AvgIpc) is 2.51. The molecule has 0 bridgehead atoms. The van der Waals surface area contributed by atoms with Crippen molar-refractivity contribution < 1.29 is 0 Å². The smallest absolute Gasteiger partial charge is 0.0716 e. The summed E-state index contributed by atoms with van der Waals surface area (Å²) >= 11 is 1.73. The van der Waals surface area contributed by atoms with Gasteiger partial charge in [-0.3, -0.25) is 4.98 Å². The highest BCUT2D eigenvalue weighted by Gasteiger charge is 2.03. The number of pyridine rings is 1. The van der Waals surface area contributed by atoms with Crippen LogP contribution in [0.15, 0.2) is 29.0 Å². The van der Waals surface area contributed by atoms with Crippen LogP contribution in [-0.2, 0) is 0 Å². The second kappa shape index (κ2) is 3.30. The summed E-state index contributed by atoms with van der Waals surface area (Å²) in [6, 6.07) is 6.13. The molecule has 0 aliphatic rings. The molecule has 2 aromatic rings. The van der Waals surface area contributed by atoms with Crippen molar-refractivity contribution in [3.05, 3.63) is 40.2 Å². The van der Waals surface area contributed by atoms with Gasteiger partial charge in [-0.25, -0.2) is 0 Å². The lowest BCUT2D eigenvalue weighted by Crippen LogP contribution is -1.85. The Kier molecular flexibility index (Phi) is 2.15. The molecule has 2 heterocycles. The predicted molar refractivity (Wildman–Crippen MR) is 57.0 cm³/mol. The summed E-state index contributed by atoms with van der Waals surface area (Å²) in [6.07, 6.45) is 0. The maximum absolute atomic E-state index is 4.48. The van der Waals surface area contributed by atoms with E-state index in [1.807, 2.05) is 13.0 Å². The van der Waals surface area contributed by atoms with Gasteiger partial charge in [-0.05, 0) is 36.9 Å². The SMILES string of the molecule is Cc1cccc(-c2cscc2C)n1. The van der Waals surface area contributed by atoms with E-state index in [1.165, 1.54) is 11.1 Å². The molecule has 0 radical (unpaired) electrons. The number of hydrogen-bond acceptors (Lipinski definition) is 2. The van der Waals surface area contributed by atoms with Crippen LogP contribution in [0.4, 0.5) is 0 Å². The standard InChI is InChI=1S/C11H11NS/c1-8-6-13-7-10(8)11-5-3-4-9(2)12-11/h3-7H,1-2H3. The molecule has 0 aliphatic carbocycles. The summed E-state index contributed by atoms with van der Waals surface area (Å²) in [4.78, 5) is 4.48. The predicted octanol–water partition coefficient (Wildman–Crippen LogP) is 3.43. The minimum atomic E-state index is 1.07. The van der Waals surface area contributed by atoms with E-state index in [9.17, 15) is 0 Å². The van der Waals surface area contributed by atoms with Crippen LogP contribution in [0, 0.1) is 13.8 Å². The van der Waals surface area contributed by atoms with Gasteiger partial charge in [-0.15, -0.1) is 0 Å². The number of nitrogens with zero attached hydrogens (tertiary/aromatic N) is 1.